The van der Waals surface area contributed by atoms with Crippen LogP contribution in [0.2, 0.25) is 0 Å². The Bertz CT molecular complexity index is 760. The van der Waals surface area contributed by atoms with Gasteiger partial charge in [0, 0.05) is 23.0 Å². The summed E-state index contributed by atoms with van der Waals surface area (Å²) in [6.45, 7) is 2.61. The smallest absolute Gasteiger partial charge is 0.228 e. The molecule has 3 heterocycles. The van der Waals surface area contributed by atoms with Crippen molar-refractivity contribution in [2.45, 2.75) is 44.2 Å². The summed E-state index contributed by atoms with van der Waals surface area (Å²) in [5, 5.41) is 6.49. The molecular weight excluding hydrogens is 368 g/mol. The normalized spacial score (nSPS) is 41.1. The highest BCUT2D eigenvalue weighted by Gasteiger charge is 2.50. The van der Waals surface area contributed by atoms with Gasteiger partial charge in [-0.3, -0.25) is 4.79 Å². The predicted octanol–water partition coefficient (Wildman–Crippen LogP) is 2.81. The van der Waals surface area contributed by atoms with E-state index in [1.165, 1.54) is 12.8 Å². The number of nitrogens with zero attached hydrogens (tertiary/aromatic N) is 2. The second kappa shape index (κ2) is 6.21. The summed E-state index contributed by atoms with van der Waals surface area (Å²) in [5.74, 6) is 3.63. The number of nitrogens with one attached hydrogen (secondary N) is 1. The second-order valence-electron chi connectivity index (χ2n) is 8.21. The molecule has 0 radical (unpaired) electrons. The van der Waals surface area contributed by atoms with Crippen molar-refractivity contribution in [1.29, 1.82) is 0 Å². The van der Waals surface area contributed by atoms with Crippen LogP contribution in [-0.2, 0) is 15.1 Å². The van der Waals surface area contributed by atoms with E-state index in [1.54, 1.807) is 23.1 Å². The van der Waals surface area contributed by atoms with Gasteiger partial charge < -0.3 is 15.8 Å². The number of aliphatic imine (C=N–C) groups is 1. The first-order chi connectivity index (χ1) is 12.5. The molecule has 3 aliphatic carbocycles. The van der Waals surface area contributed by atoms with Crippen molar-refractivity contribution in [2.24, 2.45) is 34.4 Å². The summed E-state index contributed by atoms with van der Waals surface area (Å²) >= 11 is 3.17. The van der Waals surface area contributed by atoms with Gasteiger partial charge in [-0.2, -0.15) is 0 Å². The Morgan fingerprint density at radius 3 is 3.00 bits per heavy atom. The van der Waals surface area contributed by atoms with Gasteiger partial charge in [-0.05, 0) is 44.4 Å². The van der Waals surface area contributed by atoms with Crippen LogP contribution in [0.3, 0.4) is 0 Å². The average Bonchev–Trinajstić information content (AvgIpc) is 3.29. The van der Waals surface area contributed by atoms with Crippen LogP contribution in [0, 0.1) is 23.7 Å². The molecule has 4 fully saturated rings. The van der Waals surface area contributed by atoms with Crippen molar-refractivity contribution in [1.82, 2.24) is 4.98 Å². The fourth-order valence-corrected chi connectivity index (χ4v) is 6.98. The Balaban J connectivity index is 1.38. The van der Waals surface area contributed by atoms with E-state index in [1.807, 2.05) is 5.38 Å². The maximum absolute atomic E-state index is 12.6. The van der Waals surface area contributed by atoms with Gasteiger partial charge in [-0.15, -0.1) is 11.3 Å². The van der Waals surface area contributed by atoms with Crippen molar-refractivity contribution in [3.05, 3.63) is 10.4 Å². The van der Waals surface area contributed by atoms with Crippen LogP contribution < -0.4 is 11.1 Å². The van der Waals surface area contributed by atoms with Crippen molar-refractivity contribution in [3.8, 4) is 0 Å². The van der Waals surface area contributed by atoms with Crippen molar-refractivity contribution < 1.29 is 9.53 Å². The first-order valence-electron chi connectivity index (χ1n) is 9.40. The Morgan fingerprint density at radius 2 is 2.23 bits per heavy atom. The fraction of sp³-hybridized carbons (Fsp3) is 0.722. The molecule has 1 amide bonds. The lowest BCUT2D eigenvalue weighted by molar-refractivity contribution is -0.120. The number of aromatic nitrogens is 1. The van der Waals surface area contributed by atoms with E-state index < -0.39 is 5.54 Å². The van der Waals surface area contributed by atoms with Gasteiger partial charge in [0.25, 0.3) is 0 Å². The monoisotopic (exact) mass is 392 g/mol. The quantitative estimate of drug-likeness (QED) is 0.826. The number of hydrogen-bond acceptors (Lipinski definition) is 7. The van der Waals surface area contributed by atoms with Crippen LogP contribution in [0.4, 0.5) is 5.82 Å². The minimum Gasteiger partial charge on any atom is -0.379 e. The van der Waals surface area contributed by atoms with E-state index in [0.717, 1.165) is 29.5 Å². The van der Waals surface area contributed by atoms with Crippen molar-refractivity contribution in [2.75, 3.05) is 17.7 Å². The number of nitrogens with two attached hydrogens (primary N) is 1. The van der Waals surface area contributed by atoms with Gasteiger partial charge in [-0.1, -0.05) is 11.8 Å². The highest BCUT2D eigenvalue weighted by Crippen LogP contribution is 2.52. The van der Waals surface area contributed by atoms with Crippen LogP contribution in [-0.4, -0.2) is 34.5 Å². The predicted molar refractivity (Wildman–Crippen MR) is 104 cm³/mol. The van der Waals surface area contributed by atoms with E-state index in [2.05, 4.69) is 12.2 Å². The van der Waals surface area contributed by atoms with E-state index in [9.17, 15) is 4.79 Å². The van der Waals surface area contributed by atoms with Crippen molar-refractivity contribution in [3.63, 3.8) is 0 Å². The molecule has 2 aliphatic heterocycles. The number of carbonyl (C=O) groups is 1. The Labute approximate surface area is 161 Å². The zero-order valence-corrected chi connectivity index (χ0v) is 16.4. The Hall–Kier alpha value is -1.12. The molecule has 6 rings (SSSR count). The summed E-state index contributed by atoms with van der Waals surface area (Å²) in [5.41, 5.74) is 5.56. The molecule has 1 saturated heterocycles. The average molecular weight is 393 g/mol. The number of carbonyl (C=O) groups excluding carboxylic acids is 1. The summed E-state index contributed by atoms with van der Waals surface area (Å²) in [6, 6.07) is 0. The molecular formula is C18H24N4O2S2. The third-order valence-corrected chi connectivity index (χ3v) is 8.48. The van der Waals surface area contributed by atoms with Gasteiger partial charge in [0.1, 0.15) is 16.4 Å². The standard InChI is InChI=1S/C18H24N4O2S2/c1-9-2-12-6-26-17(19)22-18(12,8-24-9)16-21-14(7-25-16)20-15(23)13-5-10-3-11(13)4-10/h7,9-13H,2-6,8H2,1H3,(H2,19,22)(H,20,23). The summed E-state index contributed by atoms with van der Waals surface area (Å²) in [4.78, 5) is 22.1. The van der Waals surface area contributed by atoms with E-state index >= 15 is 0 Å². The molecule has 8 heteroatoms. The molecule has 26 heavy (non-hydrogen) atoms. The van der Waals surface area contributed by atoms with Gasteiger partial charge >= 0.3 is 0 Å². The van der Waals surface area contributed by atoms with Gasteiger partial charge in [0.05, 0.1) is 12.7 Å². The molecule has 140 valence electrons. The molecule has 3 N–H and O–H groups in total. The molecule has 4 atom stereocenters. The topological polar surface area (TPSA) is 89.6 Å². The number of ether oxygens (including phenoxy) is 1. The van der Waals surface area contributed by atoms with Gasteiger partial charge in [-0.25, -0.2) is 9.98 Å². The van der Waals surface area contributed by atoms with E-state index in [4.69, 9.17) is 20.4 Å². The highest BCUT2D eigenvalue weighted by molar-refractivity contribution is 8.13. The van der Waals surface area contributed by atoms with Crippen LogP contribution >= 0.6 is 23.1 Å². The van der Waals surface area contributed by atoms with Gasteiger partial charge in [0.2, 0.25) is 5.91 Å². The third-order valence-electron chi connectivity index (χ3n) is 6.51. The number of amides is 1. The van der Waals surface area contributed by atoms with E-state index in [-0.39, 0.29) is 17.9 Å². The van der Waals surface area contributed by atoms with Crippen molar-refractivity contribution >= 4 is 40.0 Å². The molecule has 3 saturated carbocycles. The second-order valence-corrected chi connectivity index (χ2v) is 10.1. The summed E-state index contributed by atoms with van der Waals surface area (Å²) in [6.07, 6.45) is 4.69. The molecule has 0 spiro atoms. The number of amidine groups is 1. The molecule has 1 aromatic heterocycles. The zero-order chi connectivity index (χ0) is 17.9. The lowest BCUT2D eigenvalue weighted by Crippen LogP contribution is -2.49. The highest BCUT2D eigenvalue weighted by atomic mass is 32.2. The minimum atomic E-state index is -0.496. The van der Waals surface area contributed by atoms with Gasteiger partial charge in [0.15, 0.2) is 5.17 Å². The Morgan fingerprint density at radius 1 is 1.38 bits per heavy atom. The molecule has 2 bridgehead atoms. The van der Waals surface area contributed by atoms with Crippen LogP contribution in [0.1, 0.15) is 37.6 Å². The molecule has 0 aromatic carbocycles. The summed E-state index contributed by atoms with van der Waals surface area (Å²) < 4.78 is 5.95. The zero-order valence-electron chi connectivity index (χ0n) is 14.8. The van der Waals surface area contributed by atoms with Crippen LogP contribution in [0.5, 0.6) is 0 Å². The largest absolute Gasteiger partial charge is 0.379 e. The number of rotatable bonds is 3. The third kappa shape index (κ3) is 2.68. The molecule has 4 unspecified atom stereocenters. The van der Waals surface area contributed by atoms with E-state index in [0.29, 0.717) is 29.4 Å². The SMILES string of the molecule is CC1CC2CSC(N)=NC2(c2nc(NC(=O)C3CC4CC3C4)cs2)CO1. The first kappa shape index (κ1) is 17.0. The lowest BCUT2D eigenvalue weighted by atomic mass is 9.80. The maximum atomic E-state index is 12.6. The lowest BCUT2D eigenvalue weighted by Gasteiger charge is -2.44. The number of anilines is 1. The number of thiazole rings is 1. The minimum absolute atomic E-state index is 0.136. The fourth-order valence-electron chi connectivity index (χ4n) is 5.01. The number of fused-ring (bicyclic) bond motifs is 2. The Kier molecular flexibility index (Phi) is 4.06. The molecule has 6 nitrogen and oxygen atoms in total. The number of hydrogen-bond donors (Lipinski definition) is 2. The maximum Gasteiger partial charge on any atom is 0.228 e. The van der Waals surface area contributed by atoms with Crippen LogP contribution in [0.15, 0.2) is 10.4 Å². The first-order valence-corrected chi connectivity index (χ1v) is 11.3. The van der Waals surface area contributed by atoms with Crippen LogP contribution in [0.25, 0.3) is 0 Å². The molecule has 1 aromatic rings. The number of thioether (sulfide) groups is 1. The molecule has 5 aliphatic rings. The summed E-state index contributed by atoms with van der Waals surface area (Å²) in [7, 11) is 0.